The first-order valence-electron chi connectivity index (χ1n) is 12.8. The quantitative estimate of drug-likeness (QED) is 0.378. The number of amides is 1. The molecule has 1 amide bonds. The molecule has 0 saturated carbocycles. The van der Waals surface area contributed by atoms with E-state index in [9.17, 15) is 4.79 Å². The van der Waals surface area contributed by atoms with Crippen LogP contribution in [0.4, 0.5) is 0 Å². The molecule has 1 aliphatic heterocycles. The molecular weight excluding hydrogens is 462 g/mol. The average molecular weight is 494 g/mol. The lowest BCUT2D eigenvalue weighted by Gasteiger charge is -2.30. The number of fused-ring (bicyclic) bond motifs is 2. The van der Waals surface area contributed by atoms with Crippen molar-refractivity contribution in [1.29, 1.82) is 0 Å². The Morgan fingerprint density at radius 1 is 1.11 bits per heavy atom. The molecule has 1 atom stereocenters. The molecule has 0 aliphatic carbocycles. The topological polar surface area (TPSA) is 77.8 Å². The molecule has 7 nitrogen and oxygen atoms in total. The van der Waals surface area contributed by atoms with Gasteiger partial charge in [0.05, 0.1) is 12.8 Å². The van der Waals surface area contributed by atoms with Crippen LogP contribution < -0.4 is 10.5 Å². The van der Waals surface area contributed by atoms with Gasteiger partial charge in [-0.05, 0) is 61.7 Å². The minimum absolute atomic E-state index is 0.0204. The Morgan fingerprint density at radius 3 is 2.81 bits per heavy atom. The Bertz CT molecular complexity index is 1620. The fourth-order valence-corrected chi connectivity index (χ4v) is 5.45. The van der Waals surface area contributed by atoms with Crippen LogP contribution in [0.1, 0.15) is 34.5 Å². The number of aryl methyl sites for hydroxylation is 1. The summed E-state index contributed by atoms with van der Waals surface area (Å²) in [5, 5.41) is 1.16. The van der Waals surface area contributed by atoms with Gasteiger partial charge < -0.3 is 24.3 Å². The van der Waals surface area contributed by atoms with E-state index in [1.165, 1.54) is 0 Å². The molecule has 0 radical (unpaired) electrons. The summed E-state index contributed by atoms with van der Waals surface area (Å²) in [5.74, 6) is 0.860. The molecule has 37 heavy (non-hydrogen) atoms. The number of methoxy groups -OCH3 is 1. The molecule has 0 bridgehead atoms. The smallest absolute Gasteiger partial charge is 0.254 e. The number of carbonyl (C=O) groups excluding carboxylic acids is 1. The number of benzene rings is 2. The van der Waals surface area contributed by atoms with E-state index in [-0.39, 0.29) is 11.9 Å². The second kappa shape index (κ2) is 9.41. The van der Waals surface area contributed by atoms with E-state index in [0.717, 1.165) is 64.3 Å². The molecular formula is C30H31N5O2. The molecule has 6 rings (SSSR count). The highest BCUT2D eigenvalue weighted by molar-refractivity contribution is 5.95. The summed E-state index contributed by atoms with van der Waals surface area (Å²) in [6.07, 6.45) is 3.86. The van der Waals surface area contributed by atoms with Gasteiger partial charge >= 0.3 is 0 Å². The van der Waals surface area contributed by atoms with E-state index in [1.54, 1.807) is 7.11 Å². The second-order valence-electron chi connectivity index (χ2n) is 9.87. The van der Waals surface area contributed by atoms with Gasteiger partial charge in [-0.2, -0.15) is 0 Å². The van der Waals surface area contributed by atoms with Gasteiger partial charge in [-0.25, -0.2) is 4.98 Å². The number of para-hydroxylation sites is 1. The number of ether oxygens (including phenoxy) is 1. The number of hydrogen-bond donors (Lipinski definition) is 1. The van der Waals surface area contributed by atoms with Crippen molar-refractivity contribution in [2.24, 2.45) is 5.73 Å². The number of nitrogens with two attached hydrogens (primary N) is 1. The van der Waals surface area contributed by atoms with Crippen molar-refractivity contribution in [2.45, 2.75) is 32.4 Å². The van der Waals surface area contributed by atoms with Gasteiger partial charge in [-0.15, -0.1) is 0 Å². The minimum atomic E-state index is 0.0204. The number of nitrogens with zero attached hydrogens (tertiary/aromatic N) is 4. The zero-order chi connectivity index (χ0) is 25.5. The van der Waals surface area contributed by atoms with Gasteiger partial charge in [-0.1, -0.05) is 30.3 Å². The van der Waals surface area contributed by atoms with Crippen molar-refractivity contribution < 1.29 is 9.53 Å². The summed E-state index contributed by atoms with van der Waals surface area (Å²) in [6, 6.07) is 22.6. The highest BCUT2D eigenvalue weighted by atomic mass is 16.5. The van der Waals surface area contributed by atoms with Crippen molar-refractivity contribution in [3.05, 3.63) is 89.7 Å². The maximum atomic E-state index is 13.2. The minimum Gasteiger partial charge on any atom is -0.497 e. The number of hydrogen-bond acceptors (Lipinski definition) is 4. The first-order valence-corrected chi connectivity index (χ1v) is 12.8. The number of aromatic nitrogens is 3. The fourth-order valence-electron chi connectivity index (χ4n) is 5.45. The van der Waals surface area contributed by atoms with Crippen LogP contribution >= 0.6 is 0 Å². The molecule has 0 spiro atoms. The van der Waals surface area contributed by atoms with E-state index in [4.69, 9.17) is 15.5 Å². The van der Waals surface area contributed by atoms with Crippen molar-refractivity contribution in [2.75, 3.05) is 20.2 Å². The van der Waals surface area contributed by atoms with Crippen LogP contribution in [0.25, 0.3) is 27.9 Å². The van der Waals surface area contributed by atoms with Gasteiger partial charge in [-0.3, -0.25) is 4.79 Å². The third-order valence-corrected chi connectivity index (χ3v) is 7.39. The lowest BCUT2D eigenvalue weighted by molar-refractivity contribution is 0.0709. The summed E-state index contributed by atoms with van der Waals surface area (Å²) in [7, 11) is 1.69. The van der Waals surface area contributed by atoms with Gasteiger partial charge in [0.1, 0.15) is 17.1 Å². The number of piperidine rings is 1. The molecule has 1 saturated heterocycles. The van der Waals surface area contributed by atoms with Crippen LogP contribution in [0.5, 0.6) is 5.75 Å². The molecule has 2 aromatic carbocycles. The average Bonchev–Trinajstić information content (AvgIpc) is 3.45. The van der Waals surface area contributed by atoms with Gasteiger partial charge in [0, 0.05) is 54.0 Å². The van der Waals surface area contributed by atoms with Crippen molar-refractivity contribution in [3.8, 4) is 17.1 Å². The van der Waals surface area contributed by atoms with Crippen LogP contribution in [-0.2, 0) is 6.54 Å². The lowest BCUT2D eigenvalue weighted by Crippen LogP contribution is -2.45. The highest BCUT2D eigenvalue weighted by Gasteiger charge is 2.24. The normalized spacial score (nSPS) is 16.0. The third-order valence-electron chi connectivity index (χ3n) is 7.39. The van der Waals surface area contributed by atoms with Gasteiger partial charge in [0.15, 0.2) is 0 Å². The maximum Gasteiger partial charge on any atom is 0.254 e. The second-order valence-corrected chi connectivity index (χ2v) is 9.87. The molecule has 7 heteroatoms. The molecule has 4 heterocycles. The Labute approximate surface area is 216 Å². The van der Waals surface area contributed by atoms with Gasteiger partial charge in [0.25, 0.3) is 5.91 Å². The fraction of sp³-hybridized carbons (Fsp3) is 0.267. The molecule has 3 aromatic heterocycles. The Morgan fingerprint density at radius 2 is 1.97 bits per heavy atom. The van der Waals surface area contributed by atoms with Crippen molar-refractivity contribution >= 4 is 22.5 Å². The van der Waals surface area contributed by atoms with E-state index in [2.05, 4.69) is 58.4 Å². The predicted molar refractivity (Wildman–Crippen MR) is 146 cm³/mol. The Kier molecular flexibility index (Phi) is 5.93. The maximum absolute atomic E-state index is 13.2. The summed E-state index contributed by atoms with van der Waals surface area (Å²) in [6.45, 7) is 4.12. The van der Waals surface area contributed by atoms with Gasteiger partial charge in [0.2, 0.25) is 0 Å². The van der Waals surface area contributed by atoms with Crippen LogP contribution in [0.15, 0.2) is 72.9 Å². The number of pyridine rings is 1. The molecule has 5 aromatic rings. The standard InChI is InChI=1S/C30H31N5O2/c1-20-29(32-28-17-23(12-14-34(20)28)30(36)33-13-6-9-24(31)19-33)27-16-22-8-3-4-11-26(22)35(27)18-21-7-5-10-25(15-21)37-2/h3-5,7-8,10-12,14-17,24H,6,9,13,18-19,31H2,1-2H3. The number of imidazole rings is 1. The first-order chi connectivity index (χ1) is 18.0. The summed E-state index contributed by atoms with van der Waals surface area (Å²) in [5.41, 5.74) is 12.8. The van der Waals surface area contributed by atoms with Crippen LogP contribution in [0.3, 0.4) is 0 Å². The number of carbonyl (C=O) groups is 1. The summed E-state index contributed by atoms with van der Waals surface area (Å²) in [4.78, 5) is 20.1. The molecule has 1 fully saturated rings. The monoisotopic (exact) mass is 493 g/mol. The zero-order valence-corrected chi connectivity index (χ0v) is 21.2. The van der Waals surface area contributed by atoms with E-state index >= 15 is 0 Å². The van der Waals surface area contributed by atoms with Crippen LogP contribution in [0.2, 0.25) is 0 Å². The largest absolute Gasteiger partial charge is 0.497 e. The predicted octanol–water partition coefficient (Wildman–Crippen LogP) is 4.88. The van der Waals surface area contributed by atoms with Crippen LogP contribution in [-0.4, -0.2) is 51.0 Å². The zero-order valence-electron chi connectivity index (χ0n) is 21.2. The van der Waals surface area contributed by atoms with E-state index < -0.39 is 0 Å². The van der Waals surface area contributed by atoms with E-state index in [0.29, 0.717) is 18.7 Å². The number of likely N-dealkylation sites (tertiary alicyclic amines) is 1. The number of rotatable bonds is 5. The SMILES string of the molecule is COc1cccc(Cn2c(-c3nc4cc(C(=O)N5CCCC(N)C5)ccn4c3C)cc3ccccc32)c1. The Balaban J connectivity index is 1.42. The summed E-state index contributed by atoms with van der Waals surface area (Å²) >= 11 is 0. The van der Waals surface area contributed by atoms with Crippen molar-refractivity contribution in [3.63, 3.8) is 0 Å². The highest BCUT2D eigenvalue weighted by Crippen LogP contribution is 2.32. The first kappa shape index (κ1) is 23.3. The molecule has 1 unspecified atom stereocenters. The lowest BCUT2D eigenvalue weighted by atomic mass is 10.1. The molecule has 188 valence electrons. The van der Waals surface area contributed by atoms with Crippen molar-refractivity contribution in [1.82, 2.24) is 18.9 Å². The molecule has 1 aliphatic rings. The Hall–Kier alpha value is -4.10. The van der Waals surface area contributed by atoms with Crippen LogP contribution in [0, 0.1) is 6.92 Å². The third kappa shape index (κ3) is 4.25. The molecule has 2 N–H and O–H groups in total. The van der Waals surface area contributed by atoms with E-state index in [1.807, 2.05) is 35.4 Å². The summed E-state index contributed by atoms with van der Waals surface area (Å²) < 4.78 is 9.82.